The van der Waals surface area contributed by atoms with E-state index in [1.54, 1.807) is 6.07 Å². The average molecular weight is 386 g/mol. The molecule has 0 aliphatic carbocycles. The normalized spacial score (nSPS) is 11.1. The lowest BCUT2D eigenvalue weighted by Crippen LogP contribution is -2.31. The van der Waals surface area contributed by atoms with Crippen LogP contribution < -0.4 is 4.74 Å². The number of ether oxygens (including phenoxy) is 1. The van der Waals surface area contributed by atoms with Crippen molar-refractivity contribution < 1.29 is 32.0 Å². The number of alkyl halides is 3. The monoisotopic (exact) mass is 386 g/mol. The number of benzene rings is 2. The first kappa shape index (κ1) is 20.1. The fourth-order valence-electron chi connectivity index (χ4n) is 2.18. The summed E-state index contributed by atoms with van der Waals surface area (Å²) in [5.41, 5.74) is -1.85. The number of carbonyl (C=O) groups is 1. The van der Waals surface area contributed by atoms with Gasteiger partial charge in [0.05, 0.1) is 10.5 Å². The van der Waals surface area contributed by atoms with Crippen LogP contribution in [0.25, 0.3) is 0 Å². The summed E-state index contributed by atoms with van der Waals surface area (Å²) in [6.45, 7) is -0.721. The van der Waals surface area contributed by atoms with Gasteiger partial charge in [-0.05, 0) is 18.2 Å². The van der Waals surface area contributed by atoms with E-state index in [1.165, 1.54) is 25.2 Å². The molecule has 6 nitrogen and oxygen atoms in total. The fourth-order valence-corrected chi connectivity index (χ4v) is 2.18. The van der Waals surface area contributed by atoms with Crippen LogP contribution >= 0.6 is 0 Å². The third-order valence-corrected chi connectivity index (χ3v) is 3.63. The Hall–Kier alpha value is -3.17. The van der Waals surface area contributed by atoms with Crippen molar-refractivity contribution in [3.63, 3.8) is 0 Å². The van der Waals surface area contributed by atoms with Crippen LogP contribution in [0.4, 0.5) is 23.2 Å². The second-order valence-electron chi connectivity index (χ2n) is 5.57. The minimum absolute atomic E-state index is 0.0655. The third kappa shape index (κ3) is 5.16. The van der Waals surface area contributed by atoms with Crippen LogP contribution in [0.2, 0.25) is 0 Å². The van der Waals surface area contributed by atoms with Gasteiger partial charge in [-0.3, -0.25) is 14.9 Å². The van der Waals surface area contributed by atoms with Gasteiger partial charge >= 0.3 is 11.9 Å². The van der Waals surface area contributed by atoms with Crippen LogP contribution in [-0.2, 0) is 17.5 Å². The Balaban J connectivity index is 2.08. The SMILES string of the molecule is CN(Cc1ccccc1F)C(=O)COc1ccc(C(F)(F)F)cc1[N+](=O)[O-]. The number of halogens is 4. The van der Waals surface area contributed by atoms with Crippen molar-refractivity contribution in [3.05, 3.63) is 69.5 Å². The Morgan fingerprint density at radius 1 is 1.22 bits per heavy atom. The van der Waals surface area contributed by atoms with E-state index in [2.05, 4.69) is 0 Å². The minimum Gasteiger partial charge on any atom is -0.477 e. The highest BCUT2D eigenvalue weighted by Crippen LogP contribution is 2.36. The van der Waals surface area contributed by atoms with Crippen LogP contribution in [-0.4, -0.2) is 29.4 Å². The quantitative estimate of drug-likeness (QED) is 0.430. The highest BCUT2D eigenvalue weighted by molar-refractivity contribution is 5.77. The van der Waals surface area contributed by atoms with E-state index in [0.717, 1.165) is 11.0 Å². The molecule has 0 saturated carbocycles. The molecule has 0 bridgehead atoms. The van der Waals surface area contributed by atoms with Gasteiger partial charge in [-0.25, -0.2) is 4.39 Å². The molecule has 2 aromatic rings. The Morgan fingerprint density at radius 3 is 2.48 bits per heavy atom. The van der Waals surface area contributed by atoms with Crippen LogP contribution in [0, 0.1) is 15.9 Å². The highest BCUT2D eigenvalue weighted by atomic mass is 19.4. The number of rotatable bonds is 6. The number of carbonyl (C=O) groups excluding carboxylic acids is 1. The summed E-state index contributed by atoms with van der Waals surface area (Å²) in [5, 5.41) is 11.0. The first-order valence-electron chi connectivity index (χ1n) is 7.55. The largest absolute Gasteiger partial charge is 0.477 e. The number of amides is 1. The maximum atomic E-state index is 13.6. The predicted octanol–water partition coefficient (Wildman–Crippen LogP) is 3.79. The van der Waals surface area contributed by atoms with Crippen molar-refractivity contribution in [1.29, 1.82) is 0 Å². The average Bonchev–Trinajstić information content (AvgIpc) is 2.60. The minimum atomic E-state index is -4.75. The molecule has 0 aliphatic heterocycles. The number of likely N-dealkylation sites (N-methyl/N-ethyl adjacent to an activating group) is 1. The molecule has 0 N–H and O–H groups in total. The molecular formula is C17H14F4N2O4. The molecule has 2 aromatic carbocycles. The number of nitrogens with zero attached hydrogens (tertiary/aromatic N) is 2. The topological polar surface area (TPSA) is 72.7 Å². The molecule has 10 heteroatoms. The first-order chi connectivity index (χ1) is 12.6. The number of hydrogen-bond acceptors (Lipinski definition) is 4. The molecule has 27 heavy (non-hydrogen) atoms. The van der Waals surface area contributed by atoms with Crippen LogP contribution in [0.15, 0.2) is 42.5 Å². The molecule has 0 radical (unpaired) electrons. The van der Waals surface area contributed by atoms with E-state index in [1.807, 2.05) is 0 Å². The molecule has 2 rings (SSSR count). The van der Waals surface area contributed by atoms with Gasteiger partial charge in [0.1, 0.15) is 5.82 Å². The molecule has 0 heterocycles. The zero-order valence-electron chi connectivity index (χ0n) is 14.0. The lowest BCUT2D eigenvalue weighted by Gasteiger charge is -2.18. The van der Waals surface area contributed by atoms with Gasteiger partial charge in [0.2, 0.25) is 0 Å². The summed E-state index contributed by atoms with van der Waals surface area (Å²) in [7, 11) is 1.37. The Morgan fingerprint density at radius 2 is 1.89 bits per heavy atom. The Kier molecular flexibility index (Phi) is 5.98. The predicted molar refractivity (Wildman–Crippen MR) is 86.5 cm³/mol. The van der Waals surface area contributed by atoms with E-state index >= 15 is 0 Å². The maximum Gasteiger partial charge on any atom is 0.416 e. The van der Waals surface area contributed by atoms with Crippen molar-refractivity contribution in [2.75, 3.05) is 13.7 Å². The van der Waals surface area contributed by atoms with E-state index in [9.17, 15) is 32.5 Å². The van der Waals surface area contributed by atoms with Crippen molar-refractivity contribution >= 4 is 11.6 Å². The van der Waals surface area contributed by atoms with E-state index in [-0.39, 0.29) is 12.1 Å². The molecule has 0 aromatic heterocycles. The molecule has 0 atom stereocenters. The van der Waals surface area contributed by atoms with Crippen LogP contribution in [0.1, 0.15) is 11.1 Å². The van der Waals surface area contributed by atoms with Gasteiger partial charge in [-0.2, -0.15) is 13.2 Å². The van der Waals surface area contributed by atoms with Gasteiger partial charge in [0.15, 0.2) is 12.4 Å². The lowest BCUT2D eigenvalue weighted by atomic mass is 10.2. The molecule has 0 saturated heterocycles. The van der Waals surface area contributed by atoms with Crippen molar-refractivity contribution in [2.24, 2.45) is 0 Å². The van der Waals surface area contributed by atoms with Crippen LogP contribution in [0.5, 0.6) is 5.75 Å². The van der Waals surface area contributed by atoms with Gasteiger partial charge in [-0.1, -0.05) is 18.2 Å². The second-order valence-corrected chi connectivity index (χ2v) is 5.57. The molecular weight excluding hydrogens is 372 g/mol. The summed E-state index contributed by atoms with van der Waals surface area (Å²) in [6, 6.07) is 7.55. The zero-order valence-corrected chi connectivity index (χ0v) is 14.0. The summed E-state index contributed by atoms with van der Waals surface area (Å²) in [6.07, 6.45) is -4.75. The third-order valence-electron chi connectivity index (χ3n) is 3.63. The number of hydrogen-bond donors (Lipinski definition) is 0. The summed E-state index contributed by atoms with van der Waals surface area (Å²) in [4.78, 5) is 23.2. The van der Waals surface area contributed by atoms with E-state index in [4.69, 9.17) is 4.74 Å². The van der Waals surface area contributed by atoms with Crippen molar-refractivity contribution in [1.82, 2.24) is 4.90 Å². The standard InChI is InChI=1S/C17H14F4N2O4/c1-22(9-11-4-2-3-5-13(11)18)16(24)10-27-15-7-6-12(17(19,20)21)8-14(15)23(25)26/h2-8H,9-10H2,1H3. The maximum absolute atomic E-state index is 13.6. The zero-order chi connectivity index (χ0) is 20.2. The highest BCUT2D eigenvalue weighted by Gasteiger charge is 2.33. The number of nitro groups is 1. The summed E-state index contributed by atoms with van der Waals surface area (Å²) < 4.78 is 56.6. The molecule has 0 spiro atoms. The van der Waals surface area contributed by atoms with Crippen molar-refractivity contribution in [2.45, 2.75) is 12.7 Å². The van der Waals surface area contributed by atoms with Gasteiger partial charge in [-0.15, -0.1) is 0 Å². The lowest BCUT2D eigenvalue weighted by molar-refractivity contribution is -0.386. The molecule has 0 fully saturated rings. The Labute approximate surface area is 151 Å². The Bertz CT molecular complexity index is 855. The van der Waals surface area contributed by atoms with Gasteiger partial charge in [0.25, 0.3) is 5.91 Å². The van der Waals surface area contributed by atoms with Gasteiger partial charge < -0.3 is 9.64 Å². The van der Waals surface area contributed by atoms with Crippen LogP contribution in [0.3, 0.4) is 0 Å². The molecule has 144 valence electrons. The van der Waals surface area contributed by atoms with E-state index < -0.39 is 46.4 Å². The summed E-state index contributed by atoms with van der Waals surface area (Å²) in [5.74, 6) is -1.61. The molecule has 0 aliphatic rings. The van der Waals surface area contributed by atoms with Crippen molar-refractivity contribution in [3.8, 4) is 5.75 Å². The smallest absolute Gasteiger partial charge is 0.416 e. The molecule has 0 unspecified atom stereocenters. The van der Waals surface area contributed by atoms with Gasteiger partial charge in [0, 0.05) is 25.2 Å². The number of nitro benzene ring substituents is 1. The first-order valence-corrected chi connectivity index (χ1v) is 7.55. The second kappa shape index (κ2) is 8.02. The van der Waals surface area contributed by atoms with E-state index in [0.29, 0.717) is 12.1 Å². The molecule has 1 amide bonds. The summed E-state index contributed by atoms with van der Waals surface area (Å²) >= 11 is 0. The fraction of sp³-hybridized carbons (Fsp3) is 0.235.